The average Bonchev–Trinajstić information content (AvgIpc) is 3.26. The first kappa shape index (κ1) is 22.4. The number of anilines is 1. The van der Waals surface area contributed by atoms with Crippen LogP contribution in [-0.2, 0) is 13.2 Å². The normalized spacial score (nSPS) is 11.0. The molecule has 1 aromatic heterocycles. The van der Waals surface area contributed by atoms with Crippen molar-refractivity contribution in [2.24, 2.45) is 0 Å². The van der Waals surface area contributed by atoms with E-state index in [1.165, 1.54) is 22.4 Å². The van der Waals surface area contributed by atoms with Gasteiger partial charge in [0.15, 0.2) is 0 Å². The van der Waals surface area contributed by atoms with Crippen molar-refractivity contribution in [2.45, 2.75) is 20.1 Å². The number of ether oxygens (including phenoxy) is 1. The molecule has 6 heteroatoms. The third-order valence-electron chi connectivity index (χ3n) is 5.48. The van der Waals surface area contributed by atoms with Crippen LogP contribution in [0.1, 0.15) is 16.7 Å². The van der Waals surface area contributed by atoms with E-state index in [0.29, 0.717) is 11.6 Å². The molecule has 4 aromatic carbocycles. The lowest BCUT2D eigenvalue weighted by Crippen LogP contribution is -2.01. The highest BCUT2D eigenvalue weighted by Crippen LogP contribution is 2.31. The predicted octanol–water partition coefficient (Wildman–Crippen LogP) is 8.26. The van der Waals surface area contributed by atoms with Crippen molar-refractivity contribution < 1.29 is 9.13 Å². The summed E-state index contributed by atoms with van der Waals surface area (Å²) in [5.41, 5.74) is 6.26. The van der Waals surface area contributed by atoms with Gasteiger partial charge in [0.2, 0.25) is 0 Å². The van der Waals surface area contributed by atoms with E-state index in [1.807, 2.05) is 24.3 Å². The molecule has 0 spiro atoms. The van der Waals surface area contributed by atoms with Crippen molar-refractivity contribution in [3.63, 3.8) is 0 Å². The Labute approximate surface area is 206 Å². The van der Waals surface area contributed by atoms with Crippen LogP contribution < -0.4 is 10.1 Å². The first-order valence-electron chi connectivity index (χ1n) is 10.9. The number of rotatable bonds is 7. The van der Waals surface area contributed by atoms with Gasteiger partial charge < -0.3 is 10.1 Å². The number of halogens is 2. The highest BCUT2D eigenvalue weighted by atomic mass is 35.5. The number of benzene rings is 4. The molecular formula is C28H22ClFN2OS. The van der Waals surface area contributed by atoms with Crippen LogP contribution in [-0.4, -0.2) is 4.98 Å². The minimum atomic E-state index is -0.356. The maximum Gasteiger partial charge on any atom is 0.124 e. The number of fused-ring (bicyclic) bond motifs is 1. The zero-order valence-electron chi connectivity index (χ0n) is 18.5. The van der Waals surface area contributed by atoms with Crippen molar-refractivity contribution in [2.75, 3.05) is 5.32 Å². The summed E-state index contributed by atoms with van der Waals surface area (Å²) in [5, 5.41) is 4.84. The molecule has 1 N–H and O–H groups in total. The number of nitrogens with zero attached hydrogens (tertiary/aromatic N) is 1. The Morgan fingerprint density at radius 3 is 2.65 bits per heavy atom. The molecule has 0 bridgehead atoms. The molecule has 170 valence electrons. The fourth-order valence-corrected chi connectivity index (χ4v) is 4.93. The van der Waals surface area contributed by atoms with Crippen LogP contribution in [0, 0.1) is 12.7 Å². The number of hydrogen-bond donors (Lipinski definition) is 1. The Morgan fingerprint density at radius 1 is 0.971 bits per heavy atom. The third-order valence-corrected chi connectivity index (χ3v) is 6.90. The third kappa shape index (κ3) is 5.22. The van der Waals surface area contributed by atoms with Crippen LogP contribution in [0.3, 0.4) is 0 Å². The molecule has 0 saturated carbocycles. The second-order valence-corrected chi connectivity index (χ2v) is 9.53. The number of thiazole rings is 1. The zero-order chi connectivity index (χ0) is 23.5. The monoisotopic (exact) mass is 488 g/mol. The van der Waals surface area contributed by atoms with Crippen molar-refractivity contribution in [3.05, 3.63) is 112 Å². The number of aromatic nitrogens is 1. The largest absolute Gasteiger partial charge is 0.489 e. The molecular weight excluding hydrogens is 467 g/mol. The molecule has 0 fully saturated rings. The van der Waals surface area contributed by atoms with E-state index in [-0.39, 0.29) is 12.4 Å². The summed E-state index contributed by atoms with van der Waals surface area (Å²) < 4.78 is 20.3. The van der Waals surface area contributed by atoms with E-state index >= 15 is 0 Å². The summed E-state index contributed by atoms with van der Waals surface area (Å²) in [6.07, 6.45) is 0. The molecule has 0 radical (unpaired) electrons. The highest BCUT2D eigenvalue weighted by molar-refractivity contribution is 7.21. The van der Waals surface area contributed by atoms with E-state index in [2.05, 4.69) is 54.7 Å². The molecule has 5 aromatic rings. The molecule has 0 aliphatic heterocycles. The van der Waals surface area contributed by atoms with E-state index in [1.54, 1.807) is 17.4 Å². The van der Waals surface area contributed by atoms with Crippen LogP contribution in [0.25, 0.3) is 20.8 Å². The molecule has 0 saturated heterocycles. The van der Waals surface area contributed by atoms with Gasteiger partial charge in [-0.3, -0.25) is 0 Å². The lowest BCUT2D eigenvalue weighted by molar-refractivity contribution is 0.306. The summed E-state index contributed by atoms with van der Waals surface area (Å²) in [5.74, 6) is 0.381. The van der Waals surface area contributed by atoms with E-state index in [9.17, 15) is 4.39 Å². The molecule has 0 amide bonds. The minimum absolute atomic E-state index is 0.281. The Kier molecular flexibility index (Phi) is 6.48. The summed E-state index contributed by atoms with van der Waals surface area (Å²) in [6, 6.07) is 26.9. The van der Waals surface area contributed by atoms with Gasteiger partial charge in [0.05, 0.1) is 15.2 Å². The Balaban J connectivity index is 1.21. The molecule has 0 aliphatic rings. The maximum absolute atomic E-state index is 13.2. The van der Waals surface area contributed by atoms with Crippen LogP contribution in [0.2, 0.25) is 5.02 Å². The lowest BCUT2D eigenvalue weighted by atomic mass is 10.2. The smallest absolute Gasteiger partial charge is 0.124 e. The van der Waals surface area contributed by atoms with E-state index in [4.69, 9.17) is 21.3 Å². The van der Waals surface area contributed by atoms with Gasteiger partial charge in [-0.05, 0) is 78.7 Å². The van der Waals surface area contributed by atoms with Crippen molar-refractivity contribution in [1.82, 2.24) is 4.98 Å². The first-order valence-corrected chi connectivity index (χ1v) is 12.1. The molecule has 5 rings (SSSR count). The van der Waals surface area contributed by atoms with Crippen LogP contribution in [0.5, 0.6) is 5.75 Å². The second-order valence-electron chi connectivity index (χ2n) is 8.09. The number of nitrogens with one attached hydrogen (secondary N) is 1. The lowest BCUT2D eigenvalue weighted by Gasteiger charge is -2.11. The fraction of sp³-hybridized carbons (Fsp3) is 0.107. The van der Waals surface area contributed by atoms with Gasteiger partial charge in [0.1, 0.15) is 23.2 Å². The summed E-state index contributed by atoms with van der Waals surface area (Å²) in [7, 11) is 0. The van der Waals surface area contributed by atoms with Gasteiger partial charge in [0.25, 0.3) is 0 Å². The number of hydrogen-bond acceptors (Lipinski definition) is 4. The maximum atomic E-state index is 13.2. The number of aryl methyl sites for hydroxylation is 1. The molecule has 1 heterocycles. The summed E-state index contributed by atoms with van der Waals surface area (Å²) >= 11 is 7.80. The van der Waals surface area contributed by atoms with Crippen LogP contribution in [0.4, 0.5) is 10.1 Å². The summed E-state index contributed by atoms with van der Waals surface area (Å²) in [4.78, 5) is 4.76. The van der Waals surface area contributed by atoms with E-state index < -0.39 is 0 Å². The summed E-state index contributed by atoms with van der Waals surface area (Å²) in [6.45, 7) is 3.04. The van der Waals surface area contributed by atoms with Crippen molar-refractivity contribution in [1.29, 1.82) is 0 Å². The molecule has 3 nitrogen and oxygen atoms in total. The quantitative estimate of drug-likeness (QED) is 0.250. The van der Waals surface area contributed by atoms with Gasteiger partial charge >= 0.3 is 0 Å². The molecule has 0 aliphatic carbocycles. The van der Waals surface area contributed by atoms with Gasteiger partial charge in [-0.1, -0.05) is 35.9 Å². The molecule has 0 unspecified atom stereocenters. The Morgan fingerprint density at radius 2 is 1.82 bits per heavy atom. The van der Waals surface area contributed by atoms with Gasteiger partial charge in [-0.15, -0.1) is 11.3 Å². The Bertz CT molecular complexity index is 1450. The standard InChI is InChI=1S/C28H22ClFN2OS/c1-18-5-12-26-27(13-18)34-28(32-26)20-7-10-23(11-8-20)31-16-19-3-2-4-24(14-19)33-17-21-6-9-22(30)15-25(21)29/h2-15,31H,16-17H2,1H3. The topological polar surface area (TPSA) is 34.2 Å². The Hall–Kier alpha value is -3.41. The van der Waals surface area contributed by atoms with Crippen molar-refractivity contribution >= 4 is 38.8 Å². The van der Waals surface area contributed by atoms with Gasteiger partial charge in [-0.2, -0.15) is 0 Å². The fourth-order valence-electron chi connectivity index (χ4n) is 3.64. The van der Waals surface area contributed by atoms with Gasteiger partial charge in [0, 0.05) is 23.4 Å². The van der Waals surface area contributed by atoms with Gasteiger partial charge in [-0.25, -0.2) is 9.37 Å². The second kappa shape index (κ2) is 9.84. The first-order chi connectivity index (χ1) is 16.5. The zero-order valence-corrected chi connectivity index (χ0v) is 20.1. The van der Waals surface area contributed by atoms with E-state index in [0.717, 1.165) is 38.7 Å². The highest BCUT2D eigenvalue weighted by Gasteiger charge is 2.07. The molecule has 0 atom stereocenters. The predicted molar refractivity (Wildman–Crippen MR) is 139 cm³/mol. The van der Waals surface area contributed by atoms with Crippen LogP contribution >= 0.6 is 22.9 Å². The molecule has 34 heavy (non-hydrogen) atoms. The minimum Gasteiger partial charge on any atom is -0.489 e. The SMILES string of the molecule is Cc1ccc2nc(-c3ccc(NCc4cccc(OCc5ccc(F)cc5Cl)c4)cc3)sc2c1. The van der Waals surface area contributed by atoms with Crippen molar-refractivity contribution in [3.8, 4) is 16.3 Å². The average molecular weight is 489 g/mol. The van der Waals surface area contributed by atoms with Crippen LogP contribution in [0.15, 0.2) is 84.9 Å².